The van der Waals surface area contributed by atoms with Gasteiger partial charge in [-0.15, -0.1) is 10.2 Å². The summed E-state index contributed by atoms with van der Waals surface area (Å²) in [6.45, 7) is 0.256. The number of benzene rings is 2. The average molecular weight is 457 g/mol. The van der Waals surface area contributed by atoms with Crippen molar-refractivity contribution < 1.29 is 18.3 Å². The highest BCUT2D eigenvalue weighted by Crippen LogP contribution is 2.29. The van der Waals surface area contributed by atoms with E-state index in [1.54, 1.807) is 18.2 Å². The molecule has 0 atom stereocenters. The Morgan fingerprint density at radius 3 is 2.66 bits per heavy atom. The lowest BCUT2D eigenvalue weighted by molar-refractivity contribution is 0.0952. The van der Waals surface area contributed by atoms with Crippen LogP contribution in [0.3, 0.4) is 0 Å². The number of carbonyl (C=O) groups is 1. The third-order valence-electron chi connectivity index (χ3n) is 4.05. The Morgan fingerprint density at radius 2 is 1.90 bits per heavy atom. The Morgan fingerprint density at radius 1 is 1.14 bits per heavy atom. The van der Waals surface area contributed by atoms with Gasteiger partial charge in [-0.25, -0.2) is 18.5 Å². The van der Waals surface area contributed by atoms with Gasteiger partial charge in [-0.2, -0.15) is 0 Å². The molecule has 0 N–H and O–H groups in total. The van der Waals surface area contributed by atoms with Gasteiger partial charge in [0, 0.05) is 28.5 Å². The third-order valence-corrected chi connectivity index (χ3v) is 5.49. The molecule has 0 radical (unpaired) electrons. The van der Waals surface area contributed by atoms with Crippen LogP contribution < -0.4 is 9.75 Å². The second kappa shape index (κ2) is 8.17. The molecule has 150 valence electrons. The number of carbonyl (C=O) groups excluding carboxylic acids is 1. The van der Waals surface area contributed by atoms with Crippen LogP contribution in [-0.4, -0.2) is 33.1 Å². The molecule has 1 aliphatic rings. The largest absolute Gasteiger partial charge is 0.484 e. The minimum atomic E-state index is -0.831. The van der Waals surface area contributed by atoms with Crippen molar-refractivity contribution in [1.29, 1.82) is 0 Å². The fraction of sp³-hybridized carbons (Fsp3) is 0.167. The van der Waals surface area contributed by atoms with Crippen LogP contribution in [0.25, 0.3) is 0 Å². The Bertz CT molecular complexity index is 1080. The first-order valence-corrected chi connectivity index (χ1v) is 10.1. The summed E-state index contributed by atoms with van der Waals surface area (Å²) >= 11 is 13.5. The summed E-state index contributed by atoms with van der Waals surface area (Å²) in [4.78, 5) is 12.9. The second-order valence-electron chi connectivity index (χ2n) is 6.01. The summed E-state index contributed by atoms with van der Waals surface area (Å²) in [5.41, 5.74) is -0.112. The van der Waals surface area contributed by atoms with Gasteiger partial charge >= 0.3 is 0 Å². The number of amides is 1. The van der Waals surface area contributed by atoms with Crippen LogP contribution in [0.1, 0.15) is 16.2 Å². The van der Waals surface area contributed by atoms with Crippen molar-refractivity contribution >= 4 is 40.9 Å². The molecule has 11 heteroatoms. The Balaban J connectivity index is 1.62. The highest BCUT2D eigenvalue weighted by atomic mass is 35.5. The number of nitrogens with zero attached hydrogens (tertiary/aromatic N) is 4. The predicted molar refractivity (Wildman–Crippen MR) is 105 cm³/mol. The highest BCUT2D eigenvalue weighted by Gasteiger charge is 2.29. The Kier molecular flexibility index (Phi) is 5.62. The monoisotopic (exact) mass is 456 g/mol. The third kappa shape index (κ3) is 4.17. The SMILES string of the molecule is O=C(c1cc(F)cc(F)c1)N1CCSc2nnc(COc3cc(Cl)ccc3Cl)n21. The summed E-state index contributed by atoms with van der Waals surface area (Å²) in [5, 5.41) is 10.8. The molecule has 0 fully saturated rings. The first-order valence-electron chi connectivity index (χ1n) is 8.35. The zero-order chi connectivity index (χ0) is 20.5. The molecule has 4 rings (SSSR count). The van der Waals surface area contributed by atoms with E-state index in [-0.39, 0.29) is 12.2 Å². The van der Waals surface area contributed by atoms with E-state index in [0.29, 0.717) is 45.1 Å². The molecule has 1 amide bonds. The van der Waals surface area contributed by atoms with Gasteiger partial charge in [-0.3, -0.25) is 4.79 Å². The number of halogens is 4. The van der Waals surface area contributed by atoms with Gasteiger partial charge in [0.2, 0.25) is 5.16 Å². The molecule has 2 aromatic carbocycles. The van der Waals surface area contributed by atoms with Crippen molar-refractivity contribution in [3.63, 3.8) is 0 Å². The maximum Gasteiger partial charge on any atom is 0.273 e. The van der Waals surface area contributed by atoms with E-state index >= 15 is 0 Å². The van der Waals surface area contributed by atoms with Gasteiger partial charge in [0.25, 0.3) is 5.91 Å². The lowest BCUT2D eigenvalue weighted by Crippen LogP contribution is -2.45. The molecule has 0 unspecified atom stereocenters. The van der Waals surface area contributed by atoms with E-state index in [1.807, 2.05) is 0 Å². The van der Waals surface area contributed by atoms with Crippen LogP contribution in [0.4, 0.5) is 8.78 Å². The zero-order valence-electron chi connectivity index (χ0n) is 14.6. The van der Waals surface area contributed by atoms with Gasteiger partial charge < -0.3 is 4.74 Å². The smallest absolute Gasteiger partial charge is 0.273 e. The van der Waals surface area contributed by atoms with Gasteiger partial charge in [0.05, 0.1) is 11.6 Å². The van der Waals surface area contributed by atoms with E-state index in [0.717, 1.165) is 12.1 Å². The fourth-order valence-corrected chi connectivity index (χ4v) is 4.00. The first kappa shape index (κ1) is 19.9. The molecule has 6 nitrogen and oxygen atoms in total. The molecule has 29 heavy (non-hydrogen) atoms. The molecular weight excluding hydrogens is 445 g/mol. The summed E-state index contributed by atoms with van der Waals surface area (Å²) in [6.07, 6.45) is 0. The summed E-state index contributed by atoms with van der Waals surface area (Å²) in [7, 11) is 0. The normalized spacial score (nSPS) is 13.3. The maximum atomic E-state index is 13.6. The minimum Gasteiger partial charge on any atom is -0.484 e. The molecule has 0 saturated carbocycles. The standard InChI is InChI=1S/C18H12Cl2F2N4O2S/c19-11-1-2-14(20)15(7-11)28-9-16-23-24-18-26(16)25(3-4-29-18)17(27)10-5-12(21)8-13(22)6-10/h1-2,5-8H,3-4,9H2. The number of fused-ring (bicyclic) bond motifs is 1. The molecule has 0 bridgehead atoms. The van der Waals surface area contributed by atoms with Crippen LogP contribution in [-0.2, 0) is 6.61 Å². The second-order valence-corrected chi connectivity index (χ2v) is 7.91. The van der Waals surface area contributed by atoms with Crippen molar-refractivity contribution in [2.45, 2.75) is 11.8 Å². The van der Waals surface area contributed by atoms with E-state index in [4.69, 9.17) is 27.9 Å². The minimum absolute atomic E-state index is 0.0467. The van der Waals surface area contributed by atoms with Crippen molar-refractivity contribution in [2.75, 3.05) is 17.3 Å². The molecule has 0 saturated heterocycles. The van der Waals surface area contributed by atoms with Crippen LogP contribution in [0.15, 0.2) is 41.6 Å². The molecule has 1 aromatic heterocycles. The highest BCUT2D eigenvalue weighted by molar-refractivity contribution is 7.99. The zero-order valence-corrected chi connectivity index (χ0v) is 16.9. The van der Waals surface area contributed by atoms with E-state index in [1.165, 1.54) is 21.4 Å². The first-order chi connectivity index (χ1) is 13.9. The topological polar surface area (TPSA) is 60.3 Å². The molecule has 2 heterocycles. The fourth-order valence-electron chi connectivity index (χ4n) is 2.79. The van der Waals surface area contributed by atoms with Crippen molar-refractivity contribution in [1.82, 2.24) is 14.9 Å². The predicted octanol–water partition coefficient (Wildman–Crippen LogP) is 4.33. The lowest BCUT2D eigenvalue weighted by atomic mass is 10.2. The van der Waals surface area contributed by atoms with Crippen LogP contribution in [0.5, 0.6) is 5.75 Å². The average Bonchev–Trinajstić information content (AvgIpc) is 3.10. The van der Waals surface area contributed by atoms with E-state index in [9.17, 15) is 13.6 Å². The van der Waals surface area contributed by atoms with Gasteiger partial charge in [0.15, 0.2) is 5.82 Å². The Labute approximate surface area is 178 Å². The van der Waals surface area contributed by atoms with Crippen molar-refractivity contribution in [2.24, 2.45) is 0 Å². The number of ether oxygens (including phenoxy) is 1. The van der Waals surface area contributed by atoms with Gasteiger partial charge in [-0.1, -0.05) is 35.0 Å². The molecule has 1 aliphatic heterocycles. The molecule has 0 spiro atoms. The quantitative estimate of drug-likeness (QED) is 0.584. The summed E-state index contributed by atoms with van der Waals surface area (Å²) < 4.78 is 34.3. The molecule has 3 aromatic rings. The number of hydrogen-bond acceptors (Lipinski definition) is 5. The van der Waals surface area contributed by atoms with Gasteiger partial charge in [-0.05, 0) is 24.3 Å². The van der Waals surface area contributed by atoms with Crippen LogP contribution in [0.2, 0.25) is 10.0 Å². The summed E-state index contributed by atoms with van der Waals surface area (Å²) in [6, 6.07) is 7.47. The molecule has 0 aliphatic carbocycles. The number of hydrogen-bond donors (Lipinski definition) is 0. The summed E-state index contributed by atoms with van der Waals surface area (Å²) in [5.74, 6) is -1.00. The van der Waals surface area contributed by atoms with Gasteiger partial charge in [0.1, 0.15) is 24.0 Å². The van der Waals surface area contributed by atoms with Crippen molar-refractivity contribution in [3.8, 4) is 5.75 Å². The molecular formula is C18H12Cl2F2N4O2S. The number of thioether (sulfide) groups is 1. The number of aromatic nitrogens is 3. The van der Waals surface area contributed by atoms with E-state index in [2.05, 4.69) is 10.2 Å². The Hall–Kier alpha value is -2.36. The van der Waals surface area contributed by atoms with E-state index < -0.39 is 17.5 Å². The number of rotatable bonds is 4. The lowest BCUT2D eigenvalue weighted by Gasteiger charge is -2.29. The van der Waals surface area contributed by atoms with Crippen LogP contribution >= 0.6 is 35.0 Å². The van der Waals surface area contributed by atoms with Crippen molar-refractivity contribution in [3.05, 3.63) is 69.5 Å². The maximum absolute atomic E-state index is 13.6. The van der Waals surface area contributed by atoms with Crippen LogP contribution in [0, 0.1) is 11.6 Å².